The van der Waals surface area contributed by atoms with Gasteiger partial charge in [0.05, 0.1) is 19.4 Å². The Kier molecular flexibility index (Phi) is 5.25. The molecule has 2 aromatic carbocycles. The van der Waals surface area contributed by atoms with Gasteiger partial charge in [-0.15, -0.1) is 0 Å². The maximum absolute atomic E-state index is 12.8. The van der Waals surface area contributed by atoms with Crippen molar-refractivity contribution in [1.29, 1.82) is 0 Å². The molecule has 0 radical (unpaired) electrons. The van der Waals surface area contributed by atoms with Crippen molar-refractivity contribution in [3.8, 4) is 11.5 Å². The van der Waals surface area contributed by atoms with Crippen molar-refractivity contribution < 1.29 is 22.7 Å². The Balaban J connectivity index is 1.87. The first kappa shape index (κ1) is 20.0. The highest BCUT2D eigenvalue weighted by Gasteiger charge is 2.35. The van der Waals surface area contributed by atoms with E-state index < -0.39 is 15.6 Å². The largest absolute Gasteiger partial charge is 0.497 e. The maximum atomic E-state index is 12.8. The van der Waals surface area contributed by atoms with Gasteiger partial charge >= 0.3 is 0 Å². The molecule has 2 N–H and O–H groups in total. The van der Waals surface area contributed by atoms with Crippen LogP contribution in [-0.4, -0.2) is 33.3 Å². The molecule has 1 unspecified atom stereocenters. The van der Waals surface area contributed by atoms with E-state index in [0.29, 0.717) is 29.2 Å². The second-order valence-electron chi connectivity index (χ2n) is 7.45. The summed E-state index contributed by atoms with van der Waals surface area (Å²) in [6.45, 7) is 3.94. The molecule has 1 atom stereocenters. The summed E-state index contributed by atoms with van der Waals surface area (Å²) in [5.41, 5.74) is 1.10. The lowest BCUT2D eigenvalue weighted by molar-refractivity contribution is 0.0618. The smallest absolute Gasteiger partial charge is 0.251 e. The molecule has 0 fully saturated rings. The molecule has 7 nitrogen and oxygen atoms in total. The molecular weight excluding hydrogens is 380 g/mol. The zero-order valence-electron chi connectivity index (χ0n) is 16.3. The number of rotatable bonds is 5. The number of fused-ring (bicyclic) bond motifs is 1. The molecule has 0 saturated heterocycles. The van der Waals surface area contributed by atoms with Gasteiger partial charge in [0.1, 0.15) is 17.1 Å². The van der Waals surface area contributed by atoms with Gasteiger partial charge in [0.15, 0.2) is 0 Å². The summed E-state index contributed by atoms with van der Waals surface area (Å²) in [4.78, 5) is 12.8. The first-order valence-electron chi connectivity index (χ1n) is 8.82. The van der Waals surface area contributed by atoms with E-state index in [4.69, 9.17) is 9.47 Å². The average Bonchev–Trinajstić information content (AvgIpc) is 2.59. The molecule has 150 valence electrons. The number of carbonyl (C=O) groups excluding carboxylic acids is 1. The number of nitrogens with one attached hydrogen (secondary N) is 2. The molecule has 1 aliphatic heterocycles. The quantitative estimate of drug-likeness (QED) is 0.799. The van der Waals surface area contributed by atoms with Crippen molar-refractivity contribution >= 4 is 21.6 Å². The van der Waals surface area contributed by atoms with E-state index in [0.717, 1.165) is 11.8 Å². The van der Waals surface area contributed by atoms with Crippen molar-refractivity contribution in [2.75, 3.05) is 18.1 Å². The summed E-state index contributed by atoms with van der Waals surface area (Å²) in [6.07, 6.45) is 1.65. The molecule has 1 heterocycles. The maximum Gasteiger partial charge on any atom is 0.251 e. The van der Waals surface area contributed by atoms with Gasteiger partial charge in [-0.25, -0.2) is 8.42 Å². The molecule has 0 aromatic heterocycles. The van der Waals surface area contributed by atoms with Gasteiger partial charge in [-0.3, -0.25) is 9.52 Å². The van der Waals surface area contributed by atoms with Crippen LogP contribution in [-0.2, 0) is 10.0 Å². The second kappa shape index (κ2) is 7.35. The average molecular weight is 404 g/mol. The van der Waals surface area contributed by atoms with Crippen LogP contribution in [0.1, 0.15) is 42.2 Å². The van der Waals surface area contributed by atoms with Crippen LogP contribution >= 0.6 is 0 Å². The third kappa shape index (κ3) is 4.75. The minimum Gasteiger partial charge on any atom is -0.497 e. The molecule has 0 aliphatic carbocycles. The monoisotopic (exact) mass is 404 g/mol. The molecule has 0 bridgehead atoms. The van der Waals surface area contributed by atoms with Crippen LogP contribution in [0.4, 0.5) is 5.69 Å². The summed E-state index contributed by atoms with van der Waals surface area (Å²) in [5.74, 6) is 1.09. The standard InChI is InChI=1S/C20H24N2O5S/c1-20(2)12-17(16-11-15(26-3)8-9-18(16)27-20)21-19(23)13-6-5-7-14(10-13)22-28(4,24)25/h5-11,17,22H,12H2,1-4H3,(H,21,23). The Bertz CT molecular complexity index is 1000. The van der Waals surface area contributed by atoms with E-state index in [-0.39, 0.29) is 11.9 Å². The van der Waals surface area contributed by atoms with Gasteiger partial charge < -0.3 is 14.8 Å². The number of anilines is 1. The third-order valence-electron chi connectivity index (χ3n) is 4.41. The van der Waals surface area contributed by atoms with Crippen molar-refractivity contribution in [2.45, 2.75) is 31.9 Å². The molecule has 1 amide bonds. The van der Waals surface area contributed by atoms with E-state index in [2.05, 4.69) is 10.0 Å². The molecular formula is C20H24N2O5S. The van der Waals surface area contributed by atoms with Crippen LogP contribution < -0.4 is 19.5 Å². The van der Waals surface area contributed by atoms with Crippen molar-refractivity contribution in [3.63, 3.8) is 0 Å². The highest BCUT2D eigenvalue weighted by molar-refractivity contribution is 7.92. The zero-order chi connectivity index (χ0) is 20.5. The number of amides is 1. The molecule has 8 heteroatoms. The van der Waals surface area contributed by atoms with Crippen LogP contribution in [0.3, 0.4) is 0 Å². The van der Waals surface area contributed by atoms with E-state index >= 15 is 0 Å². The van der Waals surface area contributed by atoms with Crippen LogP contribution in [0.25, 0.3) is 0 Å². The van der Waals surface area contributed by atoms with Gasteiger partial charge in [-0.1, -0.05) is 6.07 Å². The van der Waals surface area contributed by atoms with Crippen molar-refractivity contribution in [2.24, 2.45) is 0 Å². The Morgan fingerprint density at radius 1 is 1.21 bits per heavy atom. The van der Waals surface area contributed by atoms with Gasteiger partial charge in [0, 0.05) is 23.2 Å². The van der Waals surface area contributed by atoms with Gasteiger partial charge in [-0.2, -0.15) is 0 Å². The third-order valence-corrected chi connectivity index (χ3v) is 5.01. The van der Waals surface area contributed by atoms with Gasteiger partial charge in [0.2, 0.25) is 10.0 Å². The lowest BCUT2D eigenvalue weighted by atomic mass is 9.89. The normalized spacial score (nSPS) is 17.8. The fourth-order valence-electron chi connectivity index (χ4n) is 3.27. The minimum atomic E-state index is -3.42. The van der Waals surface area contributed by atoms with E-state index in [1.807, 2.05) is 32.0 Å². The van der Waals surface area contributed by atoms with E-state index in [1.54, 1.807) is 25.3 Å². The Morgan fingerprint density at radius 2 is 1.96 bits per heavy atom. The summed E-state index contributed by atoms with van der Waals surface area (Å²) < 4.78 is 36.6. The highest BCUT2D eigenvalue weighted by atomic mass is 32.2. The topological polar surface area (TPSA) is 93.7 Å². The fraction of sp³-hybridized carbons (Fsp3) is 0.350. The van der Waals surface area contributed by atoms with E-state index in [9.17, 15) is 13.2 Å². The molecule has 3 rings (SSSR count). The number of hydrogen-bond donors (Lipinski definition) is 2. The number of methoxy groups -OCH3 is 1. The summed E-state index contributed by atoms with van der Waals surface area (Å²) in [7, 11) is -1.84. The predicted molar refractivity (Wildman–Crippen MR) is 107 cm³/mol. The van der Waals surface area contributed by atoms with Crippen molar-refractivity contribution in [1.82, 2.24) is 5.32 Å². The number of hydrogen-bond acceptors (Lipinski definition) is 5. The Morgan fingerprint density at radius 3 is 2.64 bits per heavy atom. The lowest BCUT2D eigenvalue weighted by Crippen LogP contribution is -2.41. The fourth-order valence-corrected chi connectivity index (χ4v) is 3.82. The molecule has 28 heavy (non-hydrogen) atoms. The zero-order valence-corrected chi connectivity index (χ0v) is 17.1. The molecule has 0 saturated carbocycles. The van der Waals surface area contributed by atoms with Gasteiger partial charge in [0.25, 0.3) is 5.91 Å². The Labute approximate surface area is 165 Å². The molecule has 2 aromatic rings. The van der Waals surface area contributed by atoms with E-state index in [1.165, 1.54) is 6.07 Å². The number of benzene rings is 2. The summed E-state index contributed by atoms with van der Waals surface area (Å²) in [6, 6.07) is 11.6. The van der Waals surface area contributed by atoms with Crippen LogP contribution in [0.5, 0.6) is 11.5 Å². The van der Waals surface area contributed by atoms with Crippen molar-refractivity contribution in [3.05, 3.63) is 53.6 Å². The second-order valence-corrected chi connectivity index (χ2v) is 9.20. The van der Waals surface area contributed by atoms with Gasteiger partial charge in [-0.05, 0) is 50.2 Å². The highest BCUT2D eigenvalue weighted by Crippen LogP contribution is 2.41. The minimum absolute atomic E-state index is 0.270. The molecule has 0 spiro atoms. The number of ether oxygens (including phenoxy) is 2. The van der Waals surface area contributed by atoms with Crippen LogP contribution in [0.15, 0.2) is 42.5 Å². The predicted octanol–water partition coefficient (Wildman–Crippen LogP) is 3.10. The lowest BCUT2D eigenvalue weighted by Gasteiger charge is -2.38. The first-order valence-corrected chi connectivity index (χ1v) is 10.7. The summed E-state index contributed by atoms with van der Waals surface area (Å²) in [5, 5.41) is 3.04. The Hall–Kier alpha value is -2.74. The first-order chi connectivity index (χ1) is 13.1. The van der Waals surface area contributed by atoms with Crippen LogP contribution in [0.2, 0.25) is 0 Å². The number of sulfonamides is 1. The summed E-state index contributed by atoms with van der Waals surface area (Å²) >= 11 is 0. The number of carbonyl (C=O) groups is 1. The molecule has 1 aliphatic rings. The SMILES string of the molecule is COc1ccc2c(c1)C(NC(=O)c1cccc(NS(C)(=O)=O)c1)CC(C)(C)O2. The van der Waals surface area contributed by atoms with Crippen LogP contribution in [0, 0.1) is 0 Å².